The first-order chi connectivity index (χ1) is 16.4. The lowest BCUT2D eigenvalue weighted by molar-refractivity contribution is -0.140. The van der Waals surface area contributed by atoms with Crippen LogP contribution < -0.4 is 14.4 Å². The van der Waals surface area contributed by atoms with Crippen molar-refractivity contribution in [3.05, 3.63) is 59.1 Å². The van der Waals surface area contributed by atoms with Crippen LogP contribution in [0.5, 0.6) is 5.75 Å². The van der Waals surface area contributed by atoms with Crippen molar-refractivity contribution in [2.24, 2.45) is 0 Å². The predicted molar refractivity (Wildman–Crippen MR) is 139 cm³/mol. The Balaban J connectivity index is 2.16. The molecule has 2 aromatic rings. The number of carbonyl (C=O) groups is 2. The molecule has 0 saturated heterocycles. The minimum absolute atomic E-state index is 0.0572. The number of rotatable bonds is 12. The number of halogens is 1. The molecule has 0 aliphatic rings. The highest BCUT2D eigenvalue weighted by molar-refractivity contribution is 7.92. The summed E-state index contributed by atoms with van der Waals surface area (Å²) < 4.78 is 31.3. The van der Waals surface area contributed by atoms with Crippen molar-refractivity contribution < 1.29 is 22.7 Å². The maximum atomic E-state index is 13.2. The highest BCUT2D eigenvalue weighted by Crippen LogP contribution is 2.30. The number of sulfonamides is 1. The van der Waals surface area contributed by atoms with E-state index in [0.717, 1.165) is 11.8 Å². The van der Waals surface area contributed by atoms with Crippen molar-refractivity contribution >= 4 is 39.1 Å². The summed E-state index contributed by atoms with van der Waals surface area (Å²) in [4.78, 5) is 27.4. The van der Waals surface area contributed by atoms with Gasteiger partial charge in [0.05, 0.1) is 24.1 Å². The molecule has 0 aliphatic heterocycles. The predicted octanol–water partition coefficient (Wildman–Crippen LogP) is 3.84. The normalized spacial score (nSPS) is 12.2. The van der Waals surface area contributed by atoms with Gasteiger partial charge in [-0.15, -0.1) is 0 Å². The molecule has 0 fully saturated rings. The number of benzene rings is 2. The Labute approximate surface area is 213 Å². The monoisotopic (exact) mass is 523 g/mol. The fraction of sp³-hybridized carbons (Fsp3) is 0.440. The zero-order chi connectivity index (χ0) is 26.2. The molecule has 0 aliphatic carbocycles. The molecular formula is C25H34ClN3O5S. The third-order valence-electron chi connectivity index (χ3n) is 5.37. The second kappa shape index (κ2) is 12.8. The van der Waals surface area contributed by atoms with Gasteiger partial charge < -0.3 is 15.0 Å². The van der Waals surface area contributed by atoms with Gasteiger partial charge in [-0.25, -0.2) is 8.42 Å². The molecule has 0 radical (unpaired) electrons. The Morgan fingerprint density at radius 1 is 1.09 bits per heavy atom. The maximum Gasteiger partial charge on any atom is 0.242 e. The lowest BCUT2D eigenvalue weighted by Crippen LogP contribution is -2.49. The first kappa shape index (κ1) is 28.5. The van der Waals surface area contributed by atoms with Gasteiger partial charge in [0.2, 0.25) is 21.8 Å². The van der Waals surface area contributed by atoms with Crippen molar-refractivity contribution in [2.45, 2.75) is 52.2 Å². The summed E-state index contributed by atoms with van der Waals surface area (Å²) in [6.07, 6.45) is 1.44. The van der Waals surface area contributed by atoms with E-state index in [2.05, 4.69) is 5.32 Å². The smallest absolute Gasteiger partial charge is 0.242 e. The van der Waals surface area contributed by atoms with E-state index in [-0.39, 0.29) is 48.8 Å². The molecule has 1 N–H and O–H groups in total. The van der Waals surface area contributed by atoms with E-state index in [1.165, 1.54) is 22.4 Å². The van der Waals surface area contributed by atoms with E-state index >= 15 is 0 Å². The average Bonchev–Trinajstić information content (AvgIpc) is 2.79. The Bertz CT molecular complexity index is 1110. The van der Waals surface area contributed by atoms with Gasteiger partial charge in [-0.05, 0) is 51.0 Å². The van der Waals surface area contributed by atoms with E-state index in [9.17, 15) is 18.0 Å². The summed E-state index contributed by atoms with van der Waals surface area (Å²) in [6, 6.07) is 13.4. The van der Waals surface area contributed by atoms with Crippen molar-refractivity contribution in [2.75, 3.05) is 24.2 Å². The fourth-order valence-corrected chi connectivity index (χ4v) is 4.79. The topological polar surface area (TPSA) is 96.0 Å². The van der Waals surface area contributed by atoms with Crippen LogP contribution in [0.4, 0.5) is 5.69 Å². The van der Waals surface area contributed by atoms with Crippen molar-refractivity contribution in [1.29, 1.82) is 0 Å². The number of amides is 2. The standard InChI is InChI=1S/C25H34ClN3O5S/c1-18(2)27-25(31)19(3)28(17-20-10-7-6-8-11-20)24(30)12-9-15-29(35(5,32)33)21-13-14-23(34-4)22(26)16-21/h6-8,10-11,13-14,16,18-19H,9,12,15,17H2,1-5H3,(H,27,31)/t19-/m0/s1. The SMILES string of the molecule is COc1ccc(N(CCCC(=O)N(Cc2ccccc2)[C@@H](C)C(=O)NC(C)C)S(C)(=O)=O)cc1Cl. The maximum absolute atomic E-state index is 13.2. The number of methoxy groups -OCH3 is 1. The summed E-state index contributed by atoms with van der Waals surface area (Å²) in [5.74, 6) is -0.0411. The molecule has 35 heavy (non-hydrogen) atoms. The van der Waals surface area contributed by atoms with Gasteiger partial charge in [-0.3, -0.25) is 13.9 Å². The van der Waals surface area contributed by atoms with Gasteiger partial charge in [0.25, 0.3) is 0 Å². The molecule has 0 heterocycles. The highest BCUT2D eigenvalue weighted by atomic mass is 35.5. The Morgan fingerprint density at radius 3 is 2.29 bits per heavy atom. The molecule has 0 aromatic heterocycles. The molecule has 0 spiro atoms. The molecule has 0 saturated carbocycles. The Hall–Kier alpha value is -2.78. The van der Waals surface area contributed by atoms with E-state index in [4.69, 9.17) is 16.3 Å². The van der Waals surface area contributed by atoms with Crippen LogP contribution in [-0.2, 0) is 26.2 Å². The van der Waals surface area contributed by atoms with Crippen LogP contribution in [-0.4, -0.2) is 57.1 Å². The van der Waals surface area contributed by atoms with Crippen molar-refractivity contribution in [1.82, 2.24) is 10.2 Å². The summed E-state index contributed by atoms with van der Waals surface area (Å²) in [6.45, 7) is 5.77. The summed E-state index contributed by atoms with van der Waals surface area (Å²) >= 11 is 6.18. The summed E-state index contributed by atoms with van der Waals surface area (Å²) in [7, 11) is -2.14. The van der Waals surface area contributed by atoms with Gasteiger partial charge in [-0.2, -0.15) is 0 Å². The number of carbonyl (C=O) groups excluding carboxylic acids is 2. The molecule has 192 valence electrons. The number of ether oxygens (including phenoxy) is 1. The lowest BCUT2D eigenvalue weighted by atomic mass is 10.1. The second-order valence-electron chi connectivity index (χ2n) is 8.60. The summed E-state index contributed by atoms with van der Waals surface area (Å²) in [5.41, 5.74) is 1.28. The van der Waals surface area contributed by atoms with Crippen LogP contribution in [0.25, 0.3) is 0 Å². The number of nitrogens with one attached hydrogen (secondary N) is 1. The van der Waals surface area contributed by atoms with E-state index in [1.54, 1.807) is 19.1 Å². The molecular weight excluding hydrogens is 490 g/mol. The lowest BCUT2D eigenvalue weighted by Gasteiger charge is -2.30. The van der Waals surface area contributed by atoms with Gasteiger partial charge in [0.1, 0.15) is 11.8 Å². The van der Waals surface area contributed by atoms with Gasteiger partial charge >= 0.3 is 0 Å². The second-order valence-corrected chi connectivity index (χ2v) is 10.9. The highest BCUT2D eigenvalue weighted by Gasteiger charge is 2.27. The van der Waals surface area contributed by atoms with Crippen molar-refractivity contribution in [3.8, 4) is 5.75 Å². The Morgan fingerprint density at radius 2 is 1.74 bits per heavy atom. The van der Waals surface area contributed by atoms with Gasteiger partial charge in [0.15, 0.2) is 0 Å². The molecule has 8 nitrogen and oxygen atoms in total. The zero-order valence-corrected chi connectivity index (χ0v) is 22.4. The fourth-order valence-electron chi connectivity index (χ4n) is 3.58. The minimum Gasteiger partial charge on any atom is -0.495 e. The average molecular weight is 524 g/mol. The Kier molecular flexibility index (Phi) is 10.4. The van der Waals surface area contributed by atoms with Crippen LogP contribution in [0.3, 0.4) is 0 Å². The molecule has 2 rings (SSSR count). The number of hydrogen-bond acceptors (Lipinski definition) is 5. The first-order valence-electron chi connectivity index (χ1n) is 11.4. The third kappa shape index (κ3) is 8.43. The number of hydrogen-bond donors (Lipinski definition) is 1. The summed E-state index contributed by atoms with van der Waals surface area (Å²) in [5, 5.41) is 3.14. The van der Waals surface area contributed by atoms with E-state index in [1.807, 2.05) is 44.2 Å². The number of anilines is 1. The van der Waals surface area contributed by atoms with Gasteiger partial charge in [-0.1, -0.05) is 41.9 Å². The van der Waals surface area contributed by atoms with Crippen LogP contribution in [0.2, 0.25) is 5.02 Å². The van der Waals surface area contributed by atoms with E-state index in [0.29, 0.717) is 11.4 Å². The molecule has 0 bridgehead atoms. The molecule has 2 aromatic carbocycles. The van der Waals surface area contributed by atoms with Crippen LogP contribution in [0, 0.1) is 0 Å². The third-order valence-corrected chi connectivity index (χ3v) is 6.86. The van der Waals surface area contributed by atoms with Crippen LogP contribution in [0.15, 0.2) is 48.5 Å². The van der Waals surface area contributed by atoms with Crippen LogP contribution in [0.1, 0.15) is 39.2 Å². The number of nitrogens with zero attached hydrogens (tertiary/aromatic N) is 2. The quantitative estimate of drug-likeness (QED) is 0.456. The van der Waals surface area contributed by atoms with Gasteiger partial charge in [0, 0.05) is 25.6 Å². The molecule has 10 heteroatoms. The molecule has 0 unspecified atom stereocenters. The van der Waals surface area contributed by atoms with Crippen LogP contribution >= 0.6 is 11.6 Å². The molecule has 1 atom stereocenters. The molecule has 2 amide bonds. The minimum atomic E-state index is -3.62. The van der Waals surface area contributed by atoms with Crippen molar-refractivity contribution in [3.63, 3.8) is 0 Å². The van der Waals surface area contributed by atoms with E-state index < -0.39 is 16.1 Å². The first-order valence-corrected chi connectivity index (χ1v) is 13.6. The zero-order valence-electron chi connectivity index (χ0n) is 20.8. The largest absolute Gasteiger partial charge is 0.495 e.